The van der Waals surface area contributed by atoms with Crippen molar-refractivity contribution in [3.8, 4) is 0 Å². The summed E-state index contributed by atoms with van der Waals surface area (Å²) in [5.41, 5.74) is 0.605. The van der Waals surface area contributed by atoms with Gasteiger partial charge in [-0.25, -0.2) is 0 Å². The summed E-state index contributed by atoms with van der Waals surface area (Å²) in [4.78, 5) is 25.9. The van der Waals surface area contributed by atoms with Crippen molar-refractivity contribution >= 4 is 17.5 Å². The number of anilines is 1. The highest BCUT2D eigenvalue weighted by Gasteiger charge is 2.50. The molecule has 1 aromatic carbocycles. The second-order valence-corrected chi connectivity index (χ2v) is 5.61. The quantitative estimate of drug-likeness (QED) is 0.848. The number of hydrogen-bond acceptors (Lipinski definition) is 3. The van der Waals surface area contributed by atoms with Gasteiger partial charge in [0.1, 0.15) is 0 Å². The van der Waals surface area contributed by atoms with Crippen LogP contribution in [0.1, 0.15) is 32.8 Å². The number of nitrogens with zero attached hydrogens (tertiary/aromatic N) is 1. The van der Waals surface area contributed by atoms with Crippen molar-refractivity contribution < 1.29 is 14.7 Å². The summed E-state index contributed by atoms with van der Waals surface area (Å²) in [5, 5.41) is 9.14. The van der Waals surface area contributed by atoms with E-state index in [0.29, 0.717) is 11.3 Å². The van der Waals surface area contributed by atoms with E-state index < -0.39 is 5.41 Å². The molecule has 1 aliphatic rings. The third kappa shape index (κ3) is 2.16. The van der Waals surface area contributed by atoms with Crippen LogP contribution in [0.5, 0.6) is 0 Å². The molecule has 1 aromatic rings. The Morgan fingerprint density at radius 2 is 2.05 bits per heavy atom. The molecule has 4 nitrogen and oxygen atoms in total. The van der Waals surface area contributed by atoms with Gasteiger partial charge >= 0.3 is 0 Å². The molecule has 4 heteroatoms. The van der Waals surface area contributed by atoms with E-state index in [4.69, 9.17) is 5.11 Å². The van der Waals surface area contributed by atoms with Gasteiger partial charge in [0.15, 0.2) is 0 Å². The van der Waals surface area contributed by atoms with Crippen LogP contribution in [0, 0.1) is 11.3 Å². The smallest absolute Gasteiger partial charge is 0.240 e. The Morgan fingerprint density at radius 1 is 1.37 bits per heavy atom. The molecular formula is C15H19NO3. The van der Waals surface area contributed by atoms with Crippen LogP contribution < -0.4 is 4.90 Å². The first-order chi connectivity index (χ1) is 8.90. The first-order valence-electron chi connectivity index (χ1n) is 6.47. The molecule has 1 unspecified atom stereocenters. The molecule has 2 rings (SSSR count). The minimum absolute atomic E-state index is 0.106. The molecule has 1 saturated heterocycles. The molecule has 0 spiro atoms. The highest BCUT2D eigenvalue weighted by atomic mass is 16.3. The monoisotopic (exact) mass is 261 g/mol. The molecule has 0 aromatic heterocycles. The number of hydrogen-bond donors (Lipinski definition) is 1. The van der Waals surface area contributed by atoms with E-state index in [9.17, 15) is 9.59 Å². The SMILES string of the molecule is CC(C)C1(C)CC(=O)N(c2cccc(CO)c2)C1=O. The fraction of sp³-hybridized carbons (Fsp3) is 0.467. The van der Waals surface area contributed by atoms with Gasteiger partial charge in [-0.05, 0) is 30.5 Å². The van der Waals surface area contributed by atoms with Crippen LogP contribution in [0.4, 0.5) is 5.69 Å². The van der Waals surface area contributed by atoms with Gasteiger partial charge in [-0.2, -0.15) is 0 Å². The predicted octanol–water partition coefficient (Wildman–Crippen LogP) is 2.10. The summed E-state index contributed by atoms with van der Waals surface area (Å²) in [6.45, 7) is 5.65. The van der Waals surface area contributed by atoms with Crippen LogP contribution in [0.15, 0.2) is 24.3 Å². The lowest BCUT2D eigenvalue weighted by Crippen LogP contribution is -2.36. The van der Waals surface area contributed by atoms with Crippen molar-refractivity contribution in [2.24, 2.45) is 11.3 Å². The van der Waals surface area contributed by atoms with E-state index >= 15 is 0 Å². The van der Waals surface area contributed by atoms with Gasteiger partial charge in [-0.3, -0.25) is 14.5 Å². The van der Waals surface area contributed by atoms with E-state index in [1.165, 1.54) is 4.90 Å². The predicted molar refractivity (Wildman–Crippen MR) is 72.4 cm³/mol. The lowest BCUT2D eigenvalue weighted by Gasteiger charge is -2.26. The first-order valence-corrected chi connectivity index (χ1v) is 6.47. The van der Waals surface area contributed by atoms with Crippen molar-refractivity contribution in [1.29, 1.82) is 0 Å². The normalized spacial score (nSPS) is 23.5. The lowest BCUT2D eigenvalue weighted by atomic mass is 9.78. The maximum Gasteiger partial charge on any atom is 0.240 e. The van der Waals surface area contributed by atoms with Crippen LogP contribution in [-0.4, -0.2) is 16.9 Å². The number of rotatable bonds is 3. The van der Waals surface area contributed by atoms with Gasteiger partial charge < -0.3 is 5.11 Å². The van der Waals surface area contributed by atoms with Crippen molar-refractivity contribution in [3.63, 3.8) is 0 Å². The highest BCUT2D eigenvalue weighted by Crippen LogP contribution is 2.41. The molecule has 1 N–H and O–H groups in total. The van der Waals surface area contributed by atoms with E-state index in [1.807, 2.05) is 20.8 Å². The van der Waals surface area contributed by atoms with E-state index in [-0.39, 0.29) is 30.8 Å². The zero-order chi connectivity index (χ0) is 14.2. The van der Waals surface area contributed by atoms with E-state index in [2.05, 4.69) is 0 Å². The van der Waals surface area contributed by atoms with E-state index in [1.54, 1.807) is 24.3 Å². The maximum atomic E-state index is 12.5. The fourth-order valence-corrected chi connectivity index (χ4v) is 2.34. The first kappa shape index (κ1) is 13.7. The molecule has 1 aliphatic heterocycles. The maximum absolute atomic E-state index is 12.5. The topological polar surface area (TPSA) is 57.6 Å². The Bertz CT molecular complexity index is 524. The van der Waals surface area contributed by atoms with Crippen LogP contribution >= 0.6 is 0 Å². The summed E-state index contributed by atoms with van der Waals surface area (Å²) < 4.78 is 0. The van der Waals surface area contributed by atoms with Crippen LogP contribution in [0.3, 0.4) is 0 Å². The Kier molecular flexibility index (Phi) is 3.45. The van der Waals surface area contributed by atoms with Gasteiger partial charge in [0.25, 0.3) is 0 Å². The second-order valence-electron chi connectivity index (χ2n) is 5.61. The molecule has 0 bridgehead atoms. The number of aliphatic hydroxyl groups is 1. The molecule has 0 radical (unpaired) electrons. The third-order valence-electron chi connectivity index (χ3n) is 4.09. The van der Waals surface area contributed by atoms with Crippen LogP contribution in [0.2, 0.25) is 0 Å². The third-order valence-corrected chi connectivity index (χ3v) is 4.09. The largest absolute Gasteiger partial charge is 0.392 e. The minimum Gasteiger partial charge on any atom is -0.392 e. The molecule has 19 heavy (non-hydrogen) atoms. The number of aliphatic hydroxyl groups excluding tert-OH is 1. The number of amides is 2. The molecule has 0 saturated carbocycles. The Balaban J connectivity index is 2.40. The average molecular weight is 261 g/mol. The number of carbonyl (C=O) groups excluding carboxylic acids is 2. The van der Waals surface area contributed by atoms with Crippen LogP contribution in [0.25, 0.3) is 0 Å². The standard InChI is InChI=1S/C15H19NO3/c1-10(2)15(3)8-13(18)16(14(15)19)12-6-4-5-11(7-12)9-17/h4-7,10,17H,8-9H2,1-3H3. The summed E-state index contributed by atoms with van der Waals surface area (Å²) >= 11 is 0. The van der Waals surface area contributed by atoms with Crippen LogP contribution in [-0.2, 0) is 16.2 Å². The molecule has 0 aliphatic carbocycles. The Labute approximate surface area is 113 Å². The van der Waals surface area contributed by atoms with E-state index in [0.717, 1.165) is 0 Å². The van der Waals surface area contributed by atoms with Gasteiger partial charge in [-0.15, -0.1) is 0 Å². The highest BCUT2D eigenvalue weighted by molar-refractivity contribution is 6.22. The van der Waals surface area contributed by atoms with Gasteiger partial charge in [0.05, 0.1) is 17.7 Å². The van der Waals surface area contributed by atoms with Crippen molar-refractivity contribution in [2.75, 3.05) is 4.90 Å². The zero-order valence-corrected chi connectivity index (χ0v) is 11.5. The zero-order valence-electron chi connectivity index (χ0n) is 11.5. The minimum atomic E-state index is -0.633. The fourth-order valence-electron chi connectivity index (χ4n) is 2.34. The summed E-state index contributed by atoms with van der Waals surface area (Å²) in [5.74, 6) is -0.214. The molecule has 1 heterocycles. The average Bonchev–Trinajstić information content (AvgIpc) is 2.61. The number of benzene rings is 1. The number of carbonyl (C=O) groups is 2. The molecule has 102 valence electrons. The summed E-state index contributed by atoms with van der Waals surface area (Å²) in [6.07, 6.45) is 0.243. The Hall–Kier alpha value is -1.68. The molecule has 1 fully saturated rings. The summed E-state index contributed by atoms with van der Waals surface area (Å²) in [6, 6.07) is 6.91. The molecule has 1 atom stereocenters. The Morgan fingerprint density at radius 3 is 2.58 bits per heavy atom. The lowest BCUT2D eigenvalue weighted by molar-refractivity contribution is -0.126. The van der Waals surface area contributed by atoms with Gasteiger partial charge in [0.2, 0.25) is 11.8 Å². The van der Waals surface area contributed by atoms with Gasteiger partial charge in [-0.1, -0.05) is 26.0 Å². The van der Waals surface area contributed by atoms with Gasteiger partial charge in [0, 0.05) is 6.42 Å². The number of imide groups is 1. The molecule has 2 amide bonds. The molecular weight excluding hydrogens is 242 g/mol. The summed E-state index contributed by atoms with van der Waals surface area (Å²) in [7, 11) is 0. The van der Waals surface area contributed by atoms with Crippen molar-refractivity contribution in [1.82, 2.24) is 0 Å². The van der Waals surface area contributed by atoms with Crippen molar-refractivity contribution in [3.05, 3.63) is 29.8 Å². The second kappa shape index (κ2) is 4.78. The van der Waals surface area contributed by atoms with Crippen molar-refractivity contribution in [2.45, 2.75) is 33.8 Å².